The molecule has 0 aliphatic rings. The molecule has 0 saturated carbocycles. The van der Waals surface area contributed by atoms with Gasteiger partial charge in [-0.3, -0.25) is 9.59 Å². The van der Waals surface area contributed by atoms with Gasteiger partial charge < -0.3 is 5.73 Å². The lowest BCUT2D eigenvalue weighted by molar-refractivity contribution is -0.137. The van der Waals surface area contributed by atoms with Gasteiger partial charge in [0.1, 0.15) is 5.82 Å². The molecule has 3 nitrogen and oxygen atoms in total. The second kappa shape index (κ2) is 3.92. The van der Waals surface area contributed by atoms with E-state index >= 15 is 0 Å². The Balaban J connectivity index is 3.55. The number of aldehydes is 1. The third-order valence-corrected chi connectivity index (χ3v) is 1.83. The summed E-state index contributed by atoms with van der Waals surface area (Å²) < 4.78 is 50.2. The molecule has 0 aliphatic carbocycles. The number of nitrogens with two attached hydrogens (primary N) is 1. The van der Waals surface area contributed by atoms with Gasteiger partial charge in [-0.1, -0.05) is 0 Å². The van der Waals surface area contributed by atoms with Gasteiger partial charge in [-0.25, -0.2) is 4.39 Å². The minimum Gasteiger partial charge on any atom is -0.366 e. The van der Waals surface area contributed by atoms with Crippen LogP contribution in [0.25, 0.3) is 0 Å². The average molecular weight is 235 g/mol. The van der Waals surface area contributed by atoms with Crippen LogP contribution >= 0.6 is 0 Å². The molecule has 0 atom stereocenters. The van der Waals surface area contributed by atoms with E-state index in [1.165, 1.54) is 0 Å². The van der Waals surface area contributed by atoms with Gasteiger partial charge in [-0.2, -0.15) is 13.2 Å². The Bertz CT molecular complexity index is 454. The van der Waals surface area contributed by atoms with Crippen molar-refractivity contribution in [3.05, 3.63) is 34.6 Å². The number of carbonyl (C=O) groups is 2. The van der Waals surface area contributed by atoms with E-state index < -0.39 is 34.6 Å². The van der Waals surface area contributed by atoms with Crippen molar-refractivity contribution in [3.8, 4) is 0 Å². The van der Waals surface area contributed by atoms with Crippen LogP contribution in [0.3, 0.4) is 0 Å². The fourth-order valence-electron chi connectivity index (χ4n) is 1.12. The summed E-state index contributed by atoms with van der Waals surface area (Å²) in [6.07, 6.45) is -4.95. The SMILES string of the molecule is NC(=O)c1cc(F)c(C=O)cc1C(F)(F)F. The predicted molar refractivity (Wildman–Crippen MR) is 45.3 cm³/mol. The first-order chi connectivity index (χ1) is 7.27. The van der Waals surface area contributed by atoms with E-state index in [9.17, 15) is 27.2 Å². The number of amides is 1. The molecule has 7 heteroatoms. The molecule has 1 amide bonds. The molecule has 0 spiro atoms. The zero-order valence-electron chi connectivity index (χ0n) is 7.64. The van der Waals surface area contributed by atoms with Gasteiger partial charge in [0.25, 0.3) is 0 Å². The zero-order chi connectivity index (χ0) is 12.5. The van der Waals surface area contributed by atoms with E-state index in [-0.39, 0.29) is 12.4 Å². The first kappa shape index (κ1) is 12.2. The molecule has 0 fully saturated rings. The van der Waals surface area contributed by atoms with Gasteiger partial charge in [-0.05, 0) is 12.1 Å². The number of alkyl halides is 3. The Morgan fingerprint density at radius 1 is 1.31 bits per heavy atom. The maximum atomic E-state index is 13.0. The number of carbonyl (C=O) groups excluding carboxylic acids is 2. The monoisotopic (exact) mass is 235 g/mol. The van der Waals surface area contributed by atoms with Crippen LogP contribution in [0, 0.1) is 5.82 Å². The Hall–Kier alpha value is -1.92. The van der Waals surface area contributed by atoms with Crippen molar-refractivity contribution >= 4 is 12.2 Å². The first-order valence-electron chi connectivity index (χ1n) is 3.93. The van der Waals surface area contributed by atoms with E-state index in [1.54, 1.807) is 0 Å². The maximum Gasteiger partial charge on any atom is 0.417 e. The average Bonchev–Trinajstić information content (AvgIpc) is 2.15. The minimum atomic E-state index is -4.88. The van der Waals surface area contributed by atoms with E-state index in [1.807, 2.05) is 0 Å². The van der Waals surface area contributed by atoms with Crippen molar-refractivity contribution in [2.24, 2.45) is 5.73 Å². The van der Waals surface area contributed by atoms with E-state index in [4.69, 9.17) is 0 Å². The van der Waals surface area contributed by atoms with E-state index in [0.29, 0.717) is 6.07 Å². The number of halogens is 4. The highest BCUT2D eigenvalue weighted by atomic mass is 19.4. The largest absolute Gasteiger partial charge is 0.417 e. The fraction of sp³-hybridized carbons (Fsp3) is 0.111. The Morgan fingerprint density at radius 3 is 2.25 bits per heavy atom. The van der Waals surface area contributed by atoms with Crippen molar-refractivity contribution < 1.29 is 27.2 Å². The summed E-state index contributed by atoms with van der Waals surface area (Å²) in [5.41, 5.74) is 1.47. The van der Waals surface area contributed by atoms with Gasteiger partial charge in [0.15, 0.2) is 6.29 Å². The third kappa shape index (κ3) is 2.18. The van der Waals surface area contributed by atoms with Crippen LogP contribution in [0.1, 0.15) is 26.3 Å². The molecule has 0 saturated heterocycles. The van der Waals surface area contributed by atoms with Crippen molar-refractivity contribution in [2.45, 2.75) is 6.18 Å². The second-order valence-electron chi connectivity index (χ2n) is 2.90. The highest BCUT2D eigenvalue weighted by Gasteiger charge is 2.35. The second-order valence-corrected chi connectivity index (χ2v) is 2.90. The summed E-state index contributed by atoms with van der Waals surface area (Å²) >= 11 is 0. The van der Waals surface area contributed by atoms with Crippen LogP contribution in [0.5, 0.6) is 0 Å². The predicted octanol–water partition coefficient (Wildman–Crippen LogP) is 1.76. The number of primary amides is 1. The Labute approximate surface area is 86.9 Å². The fourth-order valence-corrected chi connectivity index (χ4v) is 1.12. The minimum absolute atomic E-state index is 0.0741. The summed E-state index contributed by atoms with van der Waals surface area (Å²) in [5, 5.41) is 0. The van der Waals surface area contributed by atoms with Crippen LogP contribution in [0.2, 0.25) is 0 Å². The van der Waals surface area contributed by atoms with Crippen molar-refractivity contribution in [2.75, 3.05) is 0 Å². The van der Waals surface area contributed by atoms with E-state index in [2.05, 4.69) is 5.73 Å². The van der Waals surface area contributed by atoms with E-state index in [0.717, 1.165) is 0 Å². The van der Waals surface area contributed by atoms with Crippen LogP contribution < -0.4 is 5.73 Å². The highest BCUT2D eigenvalue weighted by molar-refractivity contribution is 5.95. The van der Waals surface area contributed by atoms with Gasteiger partial charge in [0.05, 0.1) is 16.7 Å². The standard InChI is InChI=1S/C9H5F4NO2/c10-7-2-5(8(14)16)6(9(11,12)13)1-4(7)3-15/h1-3H,(H2,14,16). The normalized spacial score (nSPS) is 11.2. The maximum absolute atomic E-state index is 13.0. The third-order valence-electron chi connectivity index (χ3n) is 1.83. The molecule has 0 aliphatic heterocycles. The summed E-state index contributed by atoms with van der Waals surface area (Å²) in [7, 11) is 0. The molecular weight excluding hydrogens is 230 g/mol. The molecule has 0 unspecified atom stereocenters. The van der Waals surface area contributed by atoms with Gasteiger partial charge in [0.2, 0.25) is 5.91 Å². The summed E-state index contributed by atoms with van der Waals surface area (Å²) in [6.45, 7) is 0. The molecule has 1 rings (SSSR count). The number of benzene rings is 1. The number of hydrogen-bond acceptors (Lipinski definition) is 2. The summed E-state index contributed by atoms with van der Waals surface area (Å²) in [4.78, 5) is 21.0. The summed E-state index contributed by atoms with van der Waals surface area (Å²) in [6, 6.07) is 0.553. The first-order valence-corrected chi connectivity index (χ1v) is 3.93. The van der Waals surface area contributed by atoms with Gasteiger partial charge >= 0.3 is 6.18 Å². The molecule has 86 valence electrons. The Morgan fingerprint density at radius 2 is 1.88 bits per heavy atom. The number of hydrogen-bond donors (Lipinski definition) is 1. The molecule has 0 aromatic heterocycles. The van der Waals surface area contributed by atoms with Crippen molar-refractivity contribution in [1.82, 2.24) is 0 Å². The van der Waals surface area contributed by atoms with Crippen LogP contribution in [-0.2, 0) is 6.18 Å². The Kier molecular flexibility index (Phi) is 2.97. The molecule has 2 N–H and O–H groups in total. The lowest BCUT2D eigenvalue weighted by Gasteiger charge is -2.11. The molecule has 1 aromatic rings. The zero-order valence-corrected chi connectivity index (χ0v) is 7.64. The van der Waals surface area contributed by atoms with Gasteiger partial charge in [-0.15, -0.1) is 0 Å². The molecule has 1 aromatic carbocycles. The lowest BCUT2D eigenvalue weighted by atomic mass is 10.0. The quantitative estimate of drug-likeness (QED) is 0.627. The molecule has 0 heterocycles. The molecule has 0 radical (unpaired) electrons. The number of rotatable bonds is 2. The van der Waals surface area contributed by atoms with Crippen molar-refractivity contribution in [3.63, 3.8) is 0 Å². The van der Waals surface area contributed by atoms with Crippen LogP contribution in [0.15, 0.2) is 12.1 Å². The smallest absolute Gasteiger partial charge is 0.366 e. The topological polar surface area (TPSA) is 60.2 Å². The van der Waals surface area contributed by atoms with Gasteiger partial charge in [0, 0.05) is 0 Å². The molecule has 16 heavy (non-hydrogen) atoms. The highest BCUT2D eigenvalue weighted by Crippen LogP contribution is 2.33. The summed E-state index contributed by atoms with van der Waals surface area (Å²) in [5.74, 6) is -2.64. The molecule has 0 bridgehead atoms. The van der Waals surface area contributed by atoms with Crippen LogP contribution in [-0.4, -0.2) is 12.2 Å². The lowest BCUT2D eigenvalue weighted by Crippen LogP contribution is -2.19. The van der Waals surface area contributed by atoms with Crippen molar-refractivity contribution in [1.29, 1.82) is 0 Å². The van der Waals surface area contributed by atoms with Crippen LogP contribution in [0.4, 0.5) is 17.6 Å². The molecular formula is C9H5F4NO2.